The van der Waals surface area contributed by atoms with Crippen LogP contribution in [0.3, 0.4) is 0 Å². The van der Waals surface area contributed by atoms with E-state index in [0.29, 0.717) is 0 Å². The summed E-state index contributed by atoms with van der Waals surface area (Å²) in [6, 6.07) is 8.41. The van der Waals surface area contributed by atoms with E-state index < -0.39 is 52.9 Å². The van der Waals surface area contributed by atoms with Crippen LogP contribution in [-0.2, 0) is 30.3 Å². The highest BCUT2D eigenvalue weighted by Gasteiger charge is 2.51. The molecule has 5 atom stereocenters. The highest BCUT2D eigenvalue weighted by atomic mass is 35.6. The number of aliphatic hydroxyl groups excluding tert-OH is 1. The molecule has 2 heterocycles. The van der Waals surface area contributed by atoms with Gasteiger partial charge < -0.3 is 34.1 Å². The number of nitrogens with one attached hydrogen (secondary N) is 1. The van der Waals surface area contributed by atoms with Crippen LogP contribution >= 0.6 is 34.8 Å². The van der Waals surface area contributed by atoms with Gasteiger partial charge in [0.15, 0.2) is 12.1 Å². The summed E-state index contributed by atoms with van der Waals surface area (Å²) >= 11 is 16.8. The highest BCUT2D eigenvalue weighted by Crippen LogP contribution is 2.33. The fourth-order valence-electron chi connectivity index (χ4n) is 3.22. The van der Waals surface area contributed by atoms with Gasteiger partial charge in [0.25, 0.3) is 0 Å². The zero-order chi connectivity index (χ0) is 21.9. The zero-order valence-electron chi connectivity index (χ0n) is 16.4. The monoisotopic (exact) mass is 483 g/mol. The van der Waals surface area contributed by atoms with Crippen LogP contribution in [0.5, 0.6) is 0 Å². The van der Waals surface area contributed by atoms with E-state index in [2.05, 4.69) is 5.32 Å². The molecule has 1 amide bonds. The first-order valence-corrected chi connectivity index (χ1v) is 10.5. The van der Waals surface area contributed by atoms with Crippen LogP contribution < -0.4 is 5.32 Å². The van der Waals surface area contributed by atoms with Gasteiger partial charge in [0.2, 0.25) is 3.79 Å². The number of carbonyl (C=O) groups excluding carboxylic acids is 1. The lowest BCUT2D eigenvalue weighted by Crippen LogP contribution is -2.68. The molecule has 8 nitrogen and oxygen atoms in total. The van der Waals surface area contributed by atoms with E-state index in [1.165, 1.54) is 0 Å². The molecule has 168 valence electrons. The van der Waals surface area contributed by atoms with Crippen LogP contribution in [0.25, 0.3) is 0 Å². The second-order valence-electron chi connectivity index (χ2n) is 7.48. The van der Waals surface area contributed by atoms with Crippen LogP contribution in [0.2, 0.25) is 0 Å². The molecule has 1 aromatic rings. The number of halogens is 3. The van der Waals surface area contributed by atoms with Gasteiger partial charge in [-0.15, -0.1) is 0 Å². The maximum absolute atomic E-state index is 12.2. The molecule has 0 radical (unpaired) electrons. The SMILES string of the molecule is CC1(C)OC[C@H]2O[C@H](OCc3ccccc3)[C@H](NC(=O)OCC(Cl)(Cl)Cl)[C@@H](O)[C@@H]2O1. The predicted molar refractivity (Wildman–Crippen MR) is 109 cm³/mol. The summed E-state index contributed by atoms with van der Waals surface area (Å²) in [6.07, 6.45) is -4.37. The number of alkyl carbamates (subject to hydrolysis) is 1. The second kappa shape index (κ2) is 9.75. The van der Waals surface area contributed by atoms with Gasteiger partial charge in [-0.05, 0) is 19.4 Å². The summed E-state index contributed by atoms with van der Waals surface area (Å²) < 4.78 is 26.4. The fourth-order valence-corrected chi connectivity index (χ4v) is 3.38. The maximum atomic E-state index is 12.2. The Balaban J connectivity index is 1.71. The van der Waals surface area contributed by atoms with Gasteiger partial charge in [-0.3, -0.25) is 0 Å². The molecule has 0 aromatic heterocycles. The van der Waals surface area contributed by atoms with Crippen molar-refractivity contribution in [3.63, 3.8) is 0 Å². The molecule has 1 aromatic carbocycles. The average molecular weight is 485 g/mol. The Labute approximate surface area is 189 Å². The number of ether oxygens (including phenoxy) is 5. The molecule has 0 saturated carbocycles. The number of carbonyl (C=O) groups is 1. The topological polar surface area (TPSA) is 95.5 Å². The lowest BCUT2D eigenvalue weighted by atomic mass is 9.95. The minimum Gasteiger partial charge on any atom is -0.445 e. The first-order chi connectivity index (χ1) is 14.0. The van der Waals surface area contributed by atoms with E-state index >= 15 is 0 Å². The number of rotatable bonds is 5. The van der Waals surface area contributed by atoms with Gasteiger partial charge in [0, 0.05) is 0 Å². The minimum atomic E-state index is -1.76. The number of alkyl halides is 3. The molecular formula is C19H24Cl3NO7. The molecule has 11 heteroatoms. The van der Waals surface area contributed by atoms with Gasteiger partial charge >= 0.3 is 6.09 Å². The van der Waals surface area contributed by atoms with Crippen molar-refractivity contribution in [1.82, 2.24) is 5.32 Å². The molecule has 0 bridgehead atoms. The van der Waals surface area contributed by atoms with Crippen molar-refractivity contribution in [3.05, 3.63) is 35.9 Å². The smallest absolute Gasteiger partial charge is 0.407 e. The summed E-state index contributed by atoms with van der Waals surface area (Å²) in [5.74, 6) is -0.913. The number of benzene rings is 1. The second-order valence-corrected chi connectivity index (χ2v) is 10.0. The first kappa shape index (κ1) is 23.8. The minimum absolute atomic E-state index is 0.199. The lowest BCUT2D eigenvalue weighted by Gasteiger charge is -2.49. The van der Waals surface area contributed by atoms with Gasteiger partial charge in [0.1, 0.15) is 31.0 Å². The predicted octanol–water partition coefficient (Wildman–Crippen LogP) is 2.91. The van der Waals surface area contributed by atoms with E-state index in [-0.39, 0.29) is 13.2 Å². The summed E-state index contributed by atoms with van der Waals surface area (Å²) in [5, 5.41) is 13.5. The standard InChI is InChI=1S/C19H24Cl3NO7/c1-18(2)28-9-12-15(30-18)14(24)13(23-17(25)27-10-19(20,21)22)16(29-12)26-8-11-6-4-3-5-7-11/h3-7,12-16,24H,8-10H2,1-2H3,(H,23,25)/t12-,13-,14-,15-,16+/m1/s1. The largest absolute Gasteiger partial charge is 0.445 e. The Bertz CT molecular complexity index is 716. The van der Waals surface area contributed by atoms with Crippen LogP contribution in [0.1, 0.15) is 19.4 Å². The molecule has 2 saturated heterocycles. The molecule has 0 unspecified atom stereocenters. The van der Waals surface area contributed by atoms with Gasteiger partial charge in [-0.1, -0.05) is 65.1 Å². The molecule has 3 rings (SSSR count). The Kier molecular flexibility index (Phi) is 7.74. The quantitative estimate of drug-likeness (QED) is 0.621. The first-order valence-electron chi connectivity index (χ1n) is 9.35. The van der Waals surface area contributed by atoms with Crippen molar-refractivity contribution in [3.8, 4) is 0 Å². The summed E-state index contributed by atoms with van der Waals surface area (Å²) in [4.78, 5) is 12.2. The number of fused-ring (bicyclic) bond motifs is 1. The molecule has 2 N–H and O–H groups in total. The number of amides is 1. The molecule has 2 aliphatic heterocycles. The molecule has 2 fully saturated rings. The fraction of sp³-hybridized carbons (Fsp3) is 0.632. The van der Waals surface area contributed by atoms with E-state index in [0.717, 1.165) is 5.56 Å². The van der Waals surface area contributed by atoms with Crippen LogP contribution in [0, 0.1) is 0 Å². The van der Waals surface area contributed by atoms with E-state index in [1.807, 2.05) is 30.3 Å². The Morgan fingerprint density at radius 3 is 2.67 bits per heavy atom. The summed E-state index contributed by atoms with van der Waals surface area (Å²) in [6.45, 7) is 3.39. The average Bonchev–Trinajstić information content (AvgIpc) is 2.68. The third-order valence-corrected chi connectivity index (χ3v) is 4.92. The Morgan fingerprint density at radius 1 is 1.30 bits per heavy atom. The molecule has 0 spiro atoms. The van der Waals surface area contributed by atoms with Crippen molar-refractivity contribution >= 4 is 40.9 Å². The number of aliphatic hydroxyl groups is 1. The van der Waals surface area contributed by atoms with Gasteiger partial charge in [0.05, 0.1) is 13.2 Å². The lowest BCUT2D eigenvalue weighted by molar-refractivity contribution is -0.369. The van der Waals surface area contributed by atoms with Gasteiger partial charge in [-0.25, -0.2) is 4.79 Å². The number of hydrogen-bond donors (Lipinski definition) is 2. The Morgan fingerprint density at radius 2 is 2.00 bits per heavy atom. The van der Waals surface area contributed by atoms with E-state index in [1.54, 1.807) is 13.8 Å². The molecule has 2 aliphatic rings. The summed E-state index contributed by atoms with van der Waals surface area (Å²) in [7, 11) is 0. The highest BCUT2D eigenvalue weighted by molar-refractivity contribution is 6.67. The van der Waals surface area contributed by atoms with Crippen molar-refractivity contribution < 1.29 is 33.6 Å². The van der Waals surface area contributed by atoms with Crippen LogP contribution in [0.15, 0.2) is 30.3 Å². The molecular weight excluding hydrogens is 461 g/mol. The van der Waals surface area contributed by atoms with Crippen molar-refractivity contribution in [2.75, 3.05) is 13.2 Å². The van der Waals surface area contributed by atoms with Crippen molar-refractivity contribution in [2.45, 2.75) is 60.7 Å². The zero-order valence-corrected chi connectivity index (χ0v) is 18.7. The van der Waals surface area contributed by atoms with Crippen LogP contribution in [0.4, 0.5) is 4.79 Å². The molecule has 0 aliphatic carbocycles. The van der Waals surface area contributed by atoms with Gasteiger partial charge in [-0.2, -0.15) is 0 Å². The maximum Gasteiger partial charge on any atom is 0.407 e. The third-order valence-electron chi connectivity index (χ3n) is 4.60. The van der Waals surface area contributed by atoms with E-state index in [4.69, 9.17) is 58.5 Å². The van der Waals surface area contributed by atoms with Crippen molar-refractivity contribution in [2.24, 2.45) is 0 Å². The molecule has 30 heavy (non-hydrogen) atoms. The number of hydrogen-bond acceptors (Lipinski definition) is 7. The summed E-state index contributed by atoms with van der Waals surface area (Å²) in [5.41, 5.74) is 0.896. The third kappa shape index (κ3) is 6.58. The normalized spacial score (nSPS) is 30.9. The van der Waals surface area contributed by atoms with Crippen molar-refractivity contribution in [1.29, 1.82) is 0 Å². The van der Waals surface area contributed by atoms with E-state index in [9.17, 15) is 9.90 Å². The van der Waals surface area contributed by atoms with Crippen LogP contribution in [-0.4, -0.2) is 64.6 Å². The Hall–Kier alpha value is -0.840.